The Morgan fingerprint density at radius 1 is 1.24 bits per heavy atom. The first-order chi connectivity index (χ1) is 12.0. The maximum Gasteiger partial charge on any atom is 0.347 e. The maximum atomic E-state index is 12.2. The summed E-state index contributed by atoms with van der Waals surface area (Å²) in [5.74, 6) is 0.344. The van der Waals surface area contributed by atoms with Gasteiger partial charge in [0.2, 0.25) is 0 Å². The smallest absolute Gasteiger partial charge is 0.347 e. The minimum absolute atomic E-state index is 0.0489. The fourth-order valence-corrected chi connectivity index (χ4v) is 3.78. The highest BCUT2D eigenvalue weighted by Crippen LogP contribution is 2.30. The standard InChI is InChI=1S/C19H24N2O3S/c1-12(18(22)24-15-6-4-3-5-7-15)23-16-10-8-14(9-11-16)17-13(2)25-19(20)21-17/h8-12,15H,3-7H2,1-2H3,(H2,20,21). The Morgan fingerprint density at radius 3 is 2.52 bits per heavy atom. The summed E-state index contributed by atoms with van der Waals surface area (Å²) in [6.45, 7) is 3.72. The second-order valence-corrected chi connectivity index (χ2v) is 7.67. The number of nitrogens with two attached hydrogens (primary N) is 1. The highest BCUT2D eigenvalue weighted by molar-refractivity contribution is 7.15. The van der Waals surface area contributed by atoms with Gasteiger partial charge in [-0.3, -0.25) is 0 Å². The molecule has 0 radical (unpaired) electrons. The topological polar surface area (TPSA) is 74.4 Å². The molecule has 0 amide bonds. The van der Waals surface area contributed by atoms with Crippen LogP contribution in [0.4, 0.5) is 5.13 Å². The van der Waals surface area contributed by atoms with Gasteiger partial charge >= 0.3 is 5.97 Å². The van der Waals surface area contributed by atoms with Crippen LogP contribution in [-0.2, 0) is 9.53 Å². The molecule has 1 fully saturated rings. The van der Waals surface area contributed by atoms with E-state index in [1.165, 1.54) is 17.8 Å². The van der Waals surface area contributed by atoms with Crippen molar-refractivity contribution in [3.63, 3.8) is 0 Å². The molecule has 0 spiro atoms. The number of carbonyl (C=O) groups excluding carboxylic acids is 1. The van der Waals surface area contributed by atoms with E-state index in [1.54, 1.807) is 6.92 Å². The van der Waals surface area contributed by atoms with Crippen LogP contribution in [-0.4, -0.2) is 23.2 Å². The minimum Gasteiger partial charge on any atom is -0.479 e. The minimum atomic E-state index is -0.621. The van der Waals surface area contributed by atoms with Crippen LogP contribution in [0.2, 0.25) is 0 Å². The maximum absolute atomic E-state index is 12.2. The number of rotatable bonds is 5. The molecule has 1 saturated carbocycles. The van der Waals surface area contributed by atoms with Crippen molar-refractivity contribution in [2.24, 2.45) is 0 Å². The van der Waals surface area contributed by atoms with Crippen LogP contribution in [0.25, 0.3) is 11.3 Å². The molecule has 3 rings (SSSR count). The Hall–Kier alpha value is -2.08. The average molecular weight is 360 g/mol. The quantitative estimate of drug-likeness (QED) is 0.803. The zero-order chi connectivity index (χ0) is 17.8. The number of aryl methyl sites for hydroxylation is 1. The van der Waals surface area contributed by atoms with E-state index in [-0.39, 0.29) is 12.1 Å². The van der Waals surface area contributed by atoms with E-state index in [4.69, 9.17) is 15.2 Å². The van der Waals surface area contributed by atoms with Gasteiger partial charge in [0.1, 0.15) is 11.9 Å². The number of nitrogen functional groups attached to an aromatic ring is 1. The highest BCUT2D eigenvalue weighted by atomic mass is 32.1. The predicted molar refractivity (Wildman–Crippen MR) is 99.8 cm³/mol. The molecule has 134 valence electrons. The molecule has 1 atom stereocenters. The lowest BCUT2D eigenvalue weighted by atomic mass is 9.98. The van der Waals surface area contributed by atoms with E-state index in [0.29, 0.717) is 10.9 Å². The summed E-state index contributed by atoms with van der Waals surface area (Å²) in [6, 6.07) is 7.54. The van der Waals surface area contributed by atoms with Gasteiger partial charge in [-0.2, -0.15) is 0 Å². The fraction of sp³-hybridized carbons (Fsp3) is 0.474. The molecule has 1 aliphatic rings. The van der Waals surface area contributed by atoms with E-state index in [9.17, 15) is 4.79 Å². The highest BCUT2D eigenvalue weighted by Gasteiger charge is 2.23. The lowest BCUT2D eigenvalue weighted by molar-refractivity contribution is -0.158. The van der Waals surface area contributed by atoms with Crippen LogP contribution < -0.4 is 10.5 Å². The van der Waals surface area contributed by atoms with Gasteiger partial charge in [-0.15, -0.1) is 11.3 Å². The number of thiazole rings is 1. The van der Waals surface area contributed by atoms with Crippen LogP contribution in [0.1, 0.15) is 43.9 Å². The van der Waals surface area contributed by atoms with Crippen molar-refractivity contribution in [2.75, 3.05) is 5.73 Å². The summed E-state index contributed by atoms with van der Waals surface area (Å²) >= 11 is 1.47. The van der Waals surface area contributed by atoms with Gasteiger partial charge in [-0.05, 0) is 63.8 Å². The van der Waals surface area contributed by atoms with Crippen LogP contribution >= 0.6 is 11.3 Å². The van der Waals surface area contributed by atoms with E-state index >= 15 is 0 Å². The number of benzene rings is 1. The summed E-state index contributed by atoms with van der Waals surface area (Å²) in [5, 5.41) is 0.562. The van der Waals surface area contributed by atoms with Crippen molar-refractivity contribution < 1.29 is 14.3 Å². The predicted octanol–water partition coefficient (Wildman–Crippen LogP) is 4.34. The van der Waals surface area contributed by atoms with Crippen molar-refractivity contribution in [2.45, 2.75) is 58.2 Å². The average Bonchev–Trinajstić information content (AvgIpc) is 2.95. The Morgan fingerprint density at radius 2 is 1.92 bits per heavy atom. The van der Waals surface area contributed by atoms with Crippen LogP contribution in [0.15, 0.2) is 24.3 Å². The van der Waals surface area contributed by atoms with Gasteiger partial charge in [0.15, 0.2) is 11.2 Å². The first-order valence-electron chi connectivity index (χ1n) is 8.73. The SMILES string of the molecule is Cc1sc(N)nc1-c1ccc(OC(C)C(=O)OC2CCCCC2)cc1. The molecule has 1 aromatic heterocycles. The van der Waals surface area contributed by atoms with Crippen LogP contribution in [0.3, 0.4) is 0 Å². The molecule has 0 aliphatic heterocycles. The zero-order valence-corrected chi connectivity index (χ0v) is 15.5. The van der Waals surface area contributed by atoms with Crippen LogP contribution in [0.5, 0.6) is 5.75 Å². The number of esters is 1. The lowest BCUT2D eigenvalue weighted by Crippen LogP contribution is -2.31. The van der Waals surface area contributed by atoms with Gasteiger partial charge in [0.25, 0.3) is 0 Å². The van der Waals surface area contributed by atoms with Crippen molar-refractivity contribution in [1.29, 1.82) is 0 Å². The normalized spacial score (nSPS) is 16.4. The van der Waals surface area contributed by atoms with E-state index in [0.717, 1.165) is 41.8 Å². The molecule has 2 aromatic rings. The van der Waals surface area contributed by atoms with E-state index in [2.05, 4.69) is 4.98 Å². The molecular formula is C19H24N2O3S. The second kappa shape index (κ2) is 7.87. The number of hydrogen-bond donors (Lipinski definition) is 1. The first-order valence-corrected chi connectivity index (χ1v) is 9.55. The van der Waals surface area contributed by atoms with Crippen LogP contribution in [0, 0.1) is 6.92 Å². The second-order valence-electron chi connectivity index (χ2n) is 6.44. The van der Waals surface area contributed by atoms with Crippen molar-refractivity contribution in [3.8, 4) is 17.0 Å². The Kier molecular flexibility index (Phi) is 5.58. The molecular weight excluding hydrogens is 336 g/mol. The molecule has 1 heterocycles. The van der Waals surface area contributed by atoms with E-state index < -0.39 is 6.10 Å². The third-order valence-corrected chi connectivity index (χ3v) is 5.22. The first kappa shape index (κ1) is 17.7. The monoisotopic (exact) mass is 360 g/mol. The number of carbonyl (C=O) groups is 1. The summed E-state index contributed by atoms with van der Waals surface area (Å²) < 4.78 is 11.3. The van der Waals surface area contributed by atoms with Crippen molar-refractivity contribution in [3.05, 3.63) is 29.1 Å². The Bertz CT molecular complexity index is 721. The molecule has 1 aliphatic carbocycles. The van der Waals surface area contributed by atoms with Gasteiger partial charge in [-0.25, -0.2) is 9.78 Å². The van der Waals surface area contributed by atoms with Gasteiger partial charge in [0, 0.05) is 10.4 Å². The summed E-state index contributed by atoms with van der Waals surface area (Å²) in [7, 11) is 0. The molecule has 6 heteroatoms. The summed E-state index contributed by atoms with van der Waals surface area (Å²) in [5.41, 5.74) is 7.62. The number of anilines is 1. The molecule has 0 saturated heterocycles. The number of ether oxygens (including phenoxy) is 2. The summed E-state index contributed by atoms with van der Waals surface area (Å²) in [4.78, 5) is 17.6. The Balaban J connectivity index is 1.58. The summed E-state index contributed by atoms with van der Waals surface area (Å²) in [6.07, 6.45) is 4.85. The molecule has 1 unspecified atom stereocenters. The number of aromatic nitrogens is 1. The van der Waals surface area contributed by atoms with Gasteiger partial charge in [-0.1, -0.05) is 6.42 Å². The third-order valence-electron chi connectivity index (χ3n) is 4.42. The molecule has 0 bridgehead atoms. The molecule has 25 heavy (non-hydrogen) atoms. The van der Waals surface area contributed by atoms with Gasteiger partial charge < -0.3 is 15.2 Å². The molecule has 1 aromatic carbocycles. The van der Waals surface area contributed by atoms with Crippen molar-refractivity contribution >= 4 is 22.4 Å². The zero-order valence-electron chi connectivity index (χ0n) is 14.7. The lowest BCUT2D eigenvalue weighted by Gasteiger charge is -2.23. The fourth-order valence-electron chi connectivity index (χ4n) is 3.07. The van der Waals surface area contributed by atoms with E-state index in [1.807, 2.05) is 31.2 Å². The van der Waals surface area contributed by atoms with Crippen molar-refractivity contribution in [1.82, 2.24) is 4.98 Å². The largest absolute Gasteiger partial charge is 0.479 e. The third kappa shape index (κ3) is 4.51. The number of hydrogen-bond acceptors (Lipinski definition) is 6. The van der Waals surface area contributed by atoms with Gasteiger partial charge in [0.05, 0.1) is 5.69 Å². The number of nitrogens with zero attached hydrogens (tertiary/aromatic N) is 1. The Labute approximate surface area is 152 Å². The molecule has 5 nitrogen and oxygen atoms in total. The molecule has 2 N–H and O–H groups in total.